The van der Waals surface area contributed by atoms with E-state index in [1.54, 1.807) is 12.4 Å². The molecule has 1 fully saturated rings. The van der Waals surface area contributed by atoms with Crippen LogP contribution in [-0.4, -0.2) is 37.9 Å². The number of aliphatic hydroxyl groups excluding tert-OH is 1. The number of carbonyl (C=O) groups excluding carboxylic acids is 1. The van der Waals surface area contributed by atoms with Crippen molar-refractivity contribution >= 4 is 22.6 Å². The number of amides is 1. The van der Waals surface area contributed by atoms with Gasteiger partial charge in [0.15, 0.2) is 5.65 Å². The Labute approximate surface area is 182 Å². The van der Waals surface area contributed by atoms with Gasteiger partial charge in [-0.05, 0) is 63.1 Å². The number of pyridine rings is 1. The second-order valence-corrected chi connectivity index (χ2v) is 8.51. The molecule has 1 amide bonds. The lowest BCUT2D eigenvalue weighted by Gasteiger charge is -2.28. The van der Waals surface area contributed by atoms with Gasteiger partial charge in [0.05, 0.1) is 28.9 Å². The summed E-state index contributed by atoms with van der Waals surface area (Å²) in [5.74, 6) is -0.171. The number of aromatic nitrogens is 3. The van der Waals surface area contributed by atoms with Crippen LogP contribution in [0.3, 0.4) is 0 Å². The molecule has 0 radical (unpaired) electrons. The molecule has 7 heteroatoms. The number of hydrogen-bond acceptors (Lipinski definition) is 5. The minimum atomic E-state index is -0.302. The monoisotopic (exact) mass is 421 g/mol. The van der Waals surface area contributed by atoms with E-state index in [9.17, 15) is 9.90 Å². The van der Waals surface area contributed by atoms with Crippen molar-refractivity contribution in [3.8, 4) is 0 Å². The molecule has 1 aliphatic rings. The maximum absolute atomic E-state index is 13.1. The lowest BCUT2D eigenvalue weighted by Crippen LogP contribution is -2.31. The van der Waals surface area contributed by atoms with Crippen LogP contribution in [0.1, 0.15) is 59.7 Å². The normalized spacial score (nSPS) is 18.8. The molecule has 31 heavy (non-hydrogen) atoms. The average Bonchev–Trinajstić information content (AvgIpc) is 3.18. The summed E-state index contributed by atoms with van der Waals surface area (Å²) in [4.78, 5) is 17.7. The van der Waals surface area contributed by atoms with E-state index in [4.69, 9.17) is 0 Å². The molecule has 0 saturated heterocycles. The fourth-order valence-electron chi connectivity index (χ4n) is 4.28. The SMILES string of the molecule is CCn1ncc2c(N[C@H]3CCC[C@@H](O)C3)c(C(=O)NCc3ccc(C)c(C)c3)cnc21. The summed E-state index contributed by atoms with van der Waals surface area (Å²) in [5, 5.41) is 21.9. The molecule has 4 rings (SSSR count). The number of fused-ring (bicyclic) bond motifs is 1. The highest BCUT2D eigenvalue weighted by molar-refractivity contribution is 6.06. The molecule has 3 N–H and O–H groups in total. The van der Waals surface area contributed by atoms with Gasteiger partial charge in [0.2, 0.25) is 0 Å². The summed E-state index contributed by atoms with van der Waals surface area (Å²) >= 11 is 0. The van der Waals surface area contributed by atoms with Gasteiger partial charge in [-0.25, -0.2) is 9.67 Å². The topological polar surface area (TPSA) is 92.1 Å². The Bertz CT molecular complexity index is 1090. The Morgan fingerprint density at radius 2 is 2.06 bits per heavy atom. The minimum absolute atomic E-state index is 0.116. The van der Waals surface area contributed by atoms with Gasteiger partial charge >= 0.3 is 0 Å². The first-order chi connectivity index (χ1) is 15.0. The van der Waals surface area contributed by atoms with E-state index in [0.717, 1.165) is 41.5 Å². The number of aliphatic hydroxyl groups is 1. The van der Waals surface area contributed by atoms with Gasteiger partial charge in [-0.3, -0.25) is 4.79 Å². The first kappa shape index (κ1) is 21.3. The minimum Gasteiger partial charge on any atom is -0.393 e. The summed E-state index contributed by atoms with van der Waals surface area (Å²) in [7, 11) is 0. The van der Waals surface area contributed by atoms with Gasteiger partial charge in [0, 0.05) is 25.3 Å². The third-order valence-corrected chi connectivity index (χ3v) is 6.23. The van der Waals surface area contributed by atoms with E-state index >= 15 is 0 Å². The van der Waals surface area contributed by atoms with Crippen LogP contribution in [0, 0.1) is 13.8 Å². The second-order valence-electron chi connectivity index (χ2n) is 8.51. The highest BCUT2D eigenvalue weighted by atomic mass is 16.3. The summed E-state index contributed by atoms with van der Waals surface area (Å²) in [5.41, 5.74) is 5.52. The molecule has 1 aromatic carbocycles. The number of benzene rings is 1. The number of hydrogen-bond donors (Lipinski definition) is 3. The van der Waals surface area contributed by atoms with Crippen molar-refractivity contribution in [3.05, 3.63) is 52.8 Å². The largest absolute Gasteiger partial charge is 0.393 e. The van der Waals surface area contributed by atoms with Gasteiger partial charge in [-0.15, -0.1) is 0 Å². The van der Waals surface area contributed by atoms with Crippen LogP contribution in [-0.2, 0) is 13.1 Å². The molecular formula is C24H31N5O2. The van der Waals surface area contributed by atoms with Crippen LogP contribution in [0.25, 0.3) is 11.0 Å². The zero-order chi connectivity index (χ0) is 22.0. The Kier molecular flexibility index (Phi) is 6.23. The van der Waals surface area contributed by atoms with Crippen LogP contribution in [0.5, 0.6) is 0 Å². The highest BCUT2D eigenvalue weighted by Gasteiger charge is 2.24. The van der Waals surface area contributed by atoms with Crippen LogP contribution in [0.4, 0.5) is 5.69 Å². The average molecular weight is 422 g/mol. The second kappa shape index (κ2) is 9.06. The van der Waals surface area contributed by atoms with E-state index in [1.165, 1.54) is 11.1 Å². The molecular weight excluding hydrogens is 390 g/mol. The van der Waals surface area contributed by atoms with Crippen LogP contribution < -0.4 is 10.6 Å². The van der Waals surface area contributed by atoms with E-state index in [-0.39, 0.29) is 18.1 Å². The van der Waals surface area contributed by atoms with Crippen molar-refractivity contribution in [2.24, 2.45) is 0 Å². The molecule has 3 aromatic rings. The maximum atomic E-state index is 13.1. The first-order valence-electron chi connectivity index (χ1n) is 11.1. The van der Waals surface area contributed by atoms with Crippen molar-refractivity contribution in [3.63, 3.8) is 0 Å². The van der Waals surface area contributed by atoms with E-state index in [1.807, 2.05) is 17.7 Å². The maximum Gasteiger partial charge on any atom is 0.255 e. The number of nitrogens with one attached hydrogen (secondary N) is 2. The quantitative estimate of drug-likeness (QED) is 0.564. The molecule has 0 bridgehead atoms. The standard InChI is InChI=1S/C24H31N5O2/c1-4-29-23-20(14-27-29)22(28-18-6-5-7-19(30)11-18)21(13-25-23)24(31)26-12-17-9-8-15(2)16(3)10-17/h8-10,13-14,18-19,30H,4-7,11-12H2,1-3H3,(H,25,28)(H,26,31)/t18-,19+/m0/s1. The Morgan fingerprint density at radius 3 is 2.81 bits per heavy atom. The molecule has 2 atom stereocenters. The number of rotatable bonds is 6. The predicted octanol–water partition coefficient (Wildman–Crippen LogP) is 3.71. The smallest absolute Gasteiger partial charge is 0.255 e. The molecule has 0 spiro atoms. The summed E-state index contributed by atoms with van der Waals surface area (Å²) in [6, 6.07) is 6.33. The van der Waals surface area contributed by atoms with Crippen LogP contribution >= 0.6 is 0 Å². The van der Waals surface area contributed by atoms with Gasteiger partial charge < -0.3 is 15.7 Å². The molecule has 0 unspecified atom stereocenters. The van der Waals surface area contributed by atoms with Crippen LogP contribution in [0.2, 0.25) is 0 Å². The van der Waals surface area contributed by atoms with E-state index in [0.29, 0.717) is 25.1 Å². The zero-order valence-electron chi connectivity index (χ0n) is 18.5. The highest BCUT2D eigenvalue weighted by Crippen LogP contribution is 2.30. The number of nitrogens with zero attached hydrogens (tertiary/aromatic N) is 3. The fraction of sp³-hybridized carbons (Fsp3) is 0.458. The van der Waals surface area contributed by atoms with E-state index in [2.05, 4.69) is 46.7 Å². The molecule has 1 saturated carbocycles. The zero-order valence-corrected chi connectivity index (χ0v) is 18.5. The van der Waals surface area contributed by atoms with Gasteiger partial charge in [0.1, 0.15) is 0 Å². The Balaban J connectivity index is 1.62. The molecule has 7 nitrogen and oxygen atoms in total. The number of aryl methyl sites for hydroxylation is 3. The molecule has 0 aliphatic heterocycles. The molecule has 2 aromatic heterocycles. The number of anilines is 1. The Hall–Kier alpha value is -2.93. The molecule has 1 aliphatic carbocycles. The lowest BCUT2D eigenvalue weighted by molar-refractivity contribution is 0.0951. The summed E-state index contributed by atoms with van der Waals surface area (Å²) in [6.07, 6.45) is 6.54. The van der Waals surface area contributed by atoms with Crippen molar-refractivity contribution in [1.82, 2.24) is 20.1 Å². The van der Waals surface area contributed by atoms with Crippen molar-refractivity contribution in [2.45, 2.75) is 71.7 Å². The summed E-state index contributed by atoms with van der Waals surface area (Å²) < 4.78 is 1.83. The lowest BCUT2D eigenvalue weighted by atomic mass is 9.92. The summed E-state index contributed by atoms with van der Waals surface area (Å²) in [6.45, 7) is 7.33. The molecule has 164 valence electrons. The predicted molar refractivity (Wildman–Crippen MR) is 122 cm³/mol. The third-order valence-electron chi connectivity index (χ3n) is 6.23. The first-order valence-corrected chi connectivity index (χ1v) is 11.1. The Morgan fingerprint density at radius 1 is 1.23 bits per heavy atom. The van der Waals surface area contributed by atoms with Crippen molar-refractivity contribution < 1.29 is 9.90 Å². The molecule has 2 heterocycles. The van der Waals surface area contributed by atoms with Gasteiger partial charge in [-0.2, -0.15) is 5.10 Å². The van der Waals surface area contributed by atoms with E-state index < -0.39 is 0 Å². The van der Waals surface area contributed by atoms with Gasteiger partial charge in [0.25, 0.3) is 5.91 Å². The number of carbonyl (C=O) groups is 1. The third kappa shape index (κ3) is 4.56. The van der Waals surface area contributed by atoms with Crippen molar-refractivity contribution in [1.29, 1.82) is 0 Å². The van der Waals surface area contributed by atoms with Crippen molar-refractivity contribution in [2.75, 3.05) is 5.32 Å². The fourth-order valence-corrected chi connectivity index (χ4v) is 4.28. The van der Waals surface area contributed by atoms with Gasteiger partial charge in [-0.1, -0.05) is 18.2 Å². The van der Waals surface area contributed by atoms with Crippen LogP contribution in [0.15, 0.2) is 30.6 Å².